The third-order valence-electron chi connectivity index (χ3n) is 4.04. The van der Waals surface area contributed by atoms with Gasteiger partial charge in [0.1, 0.15) is 12.4 Å². The molecule has 1 aliphatic heterocycles. The van der Waals surface area contributed by atoms with Gasteiger partial charge in [0.15, 0.2) is 0 Å². The Hall–Kier alpha value is -2.31. The van der Waals surface area contributed by atoms with E-state index in [9.17, 15) is 9.18 Å². The summed E-state index contributed by atoms with van der Waals surface area (Å²) in [6.07, 6.45) is 3.74. The van der Waals surface area contributed by atoms with Gasteiger partial charge in [0.2, 0.25) is 0 Å². The van der Waals surface area contributed by atoms with E-state index in [4.69, 9.17) is 9.47 Å². The highest BCUT2D eigenvalue weighted by molar-refractivity contribution is 5.94. The molecule has 1 amide bonds. The maximum atomic E-state index is 13.2. The van der Waals surface area contributed by atoms with E-state index in [1.54, 1.807) is 23.2 Å². The number of benzene rings is 1. The number of pyridine rings is 1. The summed E-state index contributed by atoms with van der Waals surface area (Å²) >= 11 is 0. The monoisotopic (exact) mass is 344 g/mol. The lowest BCUT2D eigenvalue weighted by Crippen LogP contribution is -2.34. The number of anilines is 1. The van der Waals surface area contributed by atoms with Crippen molar-refractivity contribution in [3.63, 3.8) is 0 Å². The Morgan fingerprint density at radius 2 is 2.12 bits per heavy atom. The molecule has 1 fully saturated rings. The summed E-state index contributed by atoms with van der Waals surface area (Å²) < 4.78 is 24.2. The third-order valence-corrected chi connectivity index (χ3v) is 4.04. The van der Waals surface area contributed by atoms with Crippen LogP contribution in [-0.2, 0) is 20.8 Å². The van der Waals surface area contributed by atoms with Crippen LogP contribution in [0.3, 0.4) is 0 Å². The molecule has 2 heterocycles. The molecular weight excluding hydrogens is 323 g/mol. The van der Waals surface area contributed by atoms with E-state index in [-0.39, 0.29) is 24.4 Å². The molecule has 0 spiro atoms. The lowest BCUT2D eigenvalue weighted by atomic mass is 10.2. The van der Waals surface area contributed by atoms with Crippen molar-refractivity contribution in [2.75, 3.05) is 24.7 Å². The number of carbonyl (C=O) groups excluding carboxylic acids is 1. The summed E-state index contributed by atoms with van der Waals surface area (Å²) in [5.41, 5.74) is 1.36. The SMILES string of the molecule is O=C(COCC1CCCO1)N(Cc1ccccn1)c1ccc(F)cc1. The Bertz CT molecular complexity index is 673. The molecule has 2 aromatic rings. The molecule has 5 nitrogen and oxygen atoms in total. The largest absolute Gasteiger partial charge is 0.376 e. The second-order valence-corrected chi connectivity index (χ2v) is 5.93. The molecule has 1 aliphatic rings. The Balaban J connectivity index is 1.66. The molecule has 1 unspecified atom stereocenters. The van der Waals surface area contributed by atoms with Crippen molar-refractivity contribution in [3.8, 4) is 0 Å². The molecule has 3 rings (SSSR count). The summed E-state index contributed by atoms with van der Waals surface area (Å²) in [5, 5.41) is 0. The van der Waals surface area contributed by atoms with Crippen molar-refractivity contribution in [2.45, 2.75) is 25.5 Å². The highest BCUT2D eigenvalue weighted by Gasteiger charge is 2.20. The second kappa shape index (κ2) is 8.69. The molecule has 0 saturated carbocycles. The molecule has 1 aromatic carbocycles. The fourth-order valence-corrected chi connectivity index (χ4v) is 2.73. The van der Waals surface area contributed by atoms with Gasteiger partial charge in [-0.25, -0.2) is 4.39 Å². The fraction of sp³-hybridized carbons (Fsp3) is 0.368. The standard InChI is InChI=1S/C19H21FN2O3/c20-15-6-8-17(9-7-15)22(12-16-4-1-2-10-21-16)19(23)14-24-13-18-5-3-11-25-18/h1-2,4,6-10,18H,3,5,11-14H2. The zero-order valence-corrected chi connectivity index (χ0v) is 13.9. The van der Waals surface area contributed by atoms with Gasteiger partial charge in [0.25, 0.3) is 5.91 Å². The van der Waals surface area contributed by atoms with E-state index in [1.165, 1.54) is 12.1 Å². The van der Waals surface area contributed by atoms with Gasteiger partial charge >= 0.3 is 0 Å². The average Bonchev–Trinajstić information content (AvgIpc) is 3.15. The zero-order valence-electron chi connectivity index (χ0n) is 13.9. The molecule has 132 valence electrons. The van der Waals surface area contributed by atoms with Crippen molar-refractivity contribution < 1.29 is 18.7 Å². The lowest BCUT2D eigenvalue weighted by Gasteiger charge is -2.23. The molecule has 0 bridgehead atoms. The number of rotatable bonds is 7. The molecule has 0 aliphatic carbocycles. The van der Waals surface area contributed by atoms with Gasteiger partial charge in [-0.2, -0.15) is 0 Å². The van der Waals surface area contributed by atoms with Crippen LogP contribution in [0.5, 0.6) is 0 Å². The number of carbonyl (C=O) groups is 1. The number of aromatic nitrogens is 1. The predicted octanol–water partition coefficient (Wildman–Crippen LogP) is 2.95. The van der Waals surface area contributed by atoms with Crippen LogP contribution in [-0.4, -0.2) is 36.8 Å². The van der Waals surface area contributed by atoms with Gasteiger partial charge in [0, 0.05) is 18.5 Å². The maximum absolute atomic E-state index is 13.2. The quantitative estimate of drug-likeness (QED) is 0.775. The minimum Gasteiger partial charge on any atom is -0.376 e. The van der Waals surface area contributed by atoms with Crippen molar-refractivity contribution in [1.29, 1.82) is 0 Å². The highest BCUT2D eigenvalue weighted by atomic mass is 19.1. The number of hydrogen-bond acceptors (Lipinski definition) is 4. The molecule has 0 radical (unpaired) electrons. The normalized spacial score (nSPS) is 16.8. The van der Waals surface area contributed by atoms with E-state index < -0.39 is 0 Å². The van der Waals surface area contributed by atoms with E-state index in [0.717, 1.165) is 25.1 Å². The zero-order chi connectivity index (χ0) is 17.5. The minimum atomic E-state index is -0.344. The number of ether oxygens (including phenoxy) is 2. The first-order valence-corrected chi connectivity index (χ1v) is 8.37. The Kier molecular flexibility index (Phi) is 6.09. The Morgan fingerprint density at radius 3 is 2.80 bits per heavy atom. The van der Waals surface area contributed by atoms with Gasteiger partial charge < -0.3 is 14.4 Å². The van der Waals surface area contributed by atoms with Crippen LogP contribution in [0.1, 0.15) is 18.5 Å². The fourth-order valence-electron chi connectivity index (χ4n) is 2.73. The van der Waals surface area contributed by atoms with E-state index in [2.05, 4.69) is 4.98 Å². The Morgan fingerprint density at radius 1 is 1.28 bits per heavy atom. The number of halogens is 1. The predicted molar refractivity (Wildman–Crippen MR) is 91.6 cm³/mol. The van der Waals surface area contributed by atoms with Crippen LogP contribution in [0.2, 0.25) is 0 Å². The summed E-state index contributed by atoms with van der Waals surface area (Å²) in [6.45, 7) is 1.41. The molecule has 1 aromatic heterocycles. The first kappa shape index (κ1) is 17.5. The molecule has 0 N–H and O–H groups in total. The lowest BCUT2D eigenvalue weighted by molar-refractivity contribution is -0.124. The molecular formula is C19H21FN2O3. The Labute approximate surface area is 146 Å². The van der Waals surface area contributed by atoms with Crippen molar-refractivity contribution >= 4 is 11.6 Å². The molecule has 25 heavy (non-hydrogen) atoms. The van der Waals surface area contributed by atoms with Crippen LogP contribution in [0, 0.1) is 5.82 Å². The van der Waals surface area contributed by atoms with Crippen LogP contribution in [0.4, 0.5) is 10.1 Å². The molecule has 6 heteroatoms. The first-order chi connectivity index (χ1) is 12.2. The summed E-state index contributed by atoms with van der Waals surface area (Å²) in [5.74, 6) is -0.543. The smallest absolute Gasteiger partial charge is 0.253 e. The minimum absolute atomic E-state index is 0.0515. The topological polar surface area (TPSA) is 51.7 Å². The second-order valence-electron chi connectivity index (χ2n) is 5.93. The number of amides is 1. The van der Waals surface area contributed by atoms with Gasteiger partial charge in [-0.05, 0) is 49.2 Å². The van der Waals surface area contributed by atoms with Gasteiger partial charge in [-0.1, -0.05) is 6.07 Å². The van der Waals surface area contributed by atoms with Crippen molar-refractivity contribution in [3.05, 3.63) is 60.2 Å². The van der Waals surface area contributed by atoms with Gasteiger partial charge in [0.05, 0.1) is 24.9 Å². The summed E-state index contributed by atoms with van der Waals surface area (Å²) in [4.78, 5) is 18.5. The van der Waals surface area contributed by atoms with Crippen LogP contribution < -0.4 is 4.90 Å². The summed E-state index contributed by atoms with van der Waals surface area (Å²) in [7, 11) is 0. The van der Waals surface area contributed by atoms with Crippen LogP contribution in [0.25, 0.3) is 0 Å². The van der Waals surface area contributed by atoms with Crippen molar-refractivity contribution in [1.82, 2.24) is 4.98 Å². The van der Waals surface area contributed by atoms with Crippen molar-refractivity contribution in [2.24, 2.45) is 0 Å². The molecule has 1 atom stereocenters. The van der Waals surface area contributed by atoms with Crippen LogP contribution >= 0.6 is 0 Å². The number of nitrogens with zero attached hydrogens (tertiary/aromatic N) is 2. The number of hydrogen-bond donors (Lipinski definition) is 0. The first-order valence-electron chi connectivity index (χ1n) is 8.37. The average molecular weight is 344 g/mol. The summed E-state index contributed by atoms with van der Waals surface area (Å²) in [6, 6.07) is 11.4. The van der Waals surface area contributed by atoms with Crippen LogP contribution in [0.15, 0.2) is 48.7 Å². The van der Waals surface area contributed by atoms with Gasteiger partial charge in [-0.3, -0.25) is 9.78 Å². The van der Waals surface area contributed by atoms with E-state index in [1.807, 2.05) is 18.2 Å². The van der Waals surface area contributed by atoms with E-state index >= 15 is 0 Å². The van der Waals surface area contributed by atoms with Gasteiger partial charge in [-0.15, -0.1) is 0 Å². The molecule has 1 saturated heterocycles. The third kappa shape index (κ3) is 5.08. The van der Waals surface area contributed by atoms with E-state index in [0.29, 0.717) is 18.8 Å². The maximum Gasteiger partial charge on any atom is 0.253 e. The highest BCUT2D eigenvalue weighted by Crippen LogP contribution is 2.18.